The molecule has 0 atom stereocenters. The van der Waals surface area contributed by atoms with Crippen molar-refractivity contribution in [2.24, 2.45) is 0 Å². The molecule has 3 heterocycles. The van der Waals surface area contributed by atoms with E-state index < -0.39 is 0 Å². The lowest BCUT2D eigenvalue weighted by Crippen LogP contribution is -2.39. The van der Waals surface area contributed by atoms with Crippen molar-refractivity contribution in [2.45, 2.75) is 32.7 Å². The number of nitrogens with two attached hydrogens (primary N) is 1. The maximum Gasteiger partial charge on any atom is 0.250 e. The van der Waals surface area contributed by atoms with Crippen LogP contribution in [0.5, 0.6) is 0 Å². The molecule has 1 fully saturated rings. The van der Waals surface area contributed by atoms with Crippen LogP contribution in [0.1, 0.15) is 26.5 Å². The van der Waals surface area contributed by atoms with E-state index in [1.165, 1.54) is 0 Å². The van der Waals surface area contributed by atoms with E-state index in [0.717, 1.165) is 44.2 Å². The summed E-state index contributed by atoms with van der Waals surface area (Å²) < 4.78 is 8.78. The van der Waals surface area contributed by atoms with Gasteiger partial charge in [-0.3, -0.25) is 9.69 Å². The van der Waals surface area contributed by atoms with Gasteiger partial charge in [-0.25, -0.2) is 4.68 Å². The lowest BCUT2D eigenvalue weighted by molar-refractivity contribution is 0.0363. The van der Waals surface area contributed by atoms with Gasteiger partial charge in [-0.05, 0) is 6.07 Å². The van der Waals surface area contributed by atoms with Crippen molar-refractivity contribution in [3.8, 4) is 5.69 Å². The Hall–Kier alpha value is -2.12. The fourth-order valence-electron chi connectivity index (χ4n) is 2.86. The van der Waals surface area contributed by atoms with Gasteiger partial charge in [0.1, 0.15) is 5.82 Å². The van der Waals surface area contributed by atoms with Crippen LogP contribution < -0.4 is 11.3 Å². The van der Waals surface area contributed by atoms with Gasteiger partial charge in [0.15, 0.2) is 0 Å². The number of nitrogen functional groups attached to an aromatic ring is 1. The van der Waals surface area contributed by atoms with Gasteiger partial charge in [-0.15, -0.1) is 0 Å². The zero-order chi connectivity index (χ0) is 18.0. The van der Waals surface area contributed by atoms with E-state index in [2.05, 4.69) is 30.8 Å². The van der Waals surface area contributed by atoms with Crippen molar-refractivity contribution in [1.82, 2.24) is 19.2 Å². The first kappa shape index (κ1) is 17.7. The molecule has 1 aliphatic heterocycles. The van der Waals surface area contributed by atoms with E-state index in [1.54, 1.807) is 21.4 Å². The van der Waals surface area contributed by atoms with Crippen molar-refractivity contribution in [3.63, 3.8) is 0 Å². The summed E-state index contributed by atoms with van der Waals surface area (Å²) in [6.45, 7) is 11.1. The average molecular weight is 345 g/mol. The predicted octanol–water partition coefficient (Wildman–Crippen LogP) is 1.25. The SMILES string of the molecule is CC(C)(C)c1cc(N)n(-c2ccc(=O)n(CCN3CCOCC3)c2)n1. The van der Waals surface area contributed by atoms with E-state index in [1.807, 2.05) is 12.3 Å². The average Bonchev–Trinajstić information content (AvgIpc) is 2.97. The number of ether oxygens (including phenoxy) is 1. The van der Waals surface area contributed by atoms with E-state index in [9.17, 15) is 4.79 Å². The zero-order valence-electron chi connectivity index (χ0n) is 15.2. The maximum absolute atomic E-state index is 12.2. The first-order valence-corrected chi connectivity index (χ1v) is 8.71. The lowest BCUT2D eigenvalue weighted by atomic mass is 9.92. The minimum Gasteiger partial charge on any atom is -0.384 e. The Kier molecular flexibility index (Phi) is 4.96. The fourth-order valence-corrected chi connectivity index (χ4v) is 2.86. The monoisotopic (exact) mass is 345 g/mol. The third-order valence-electron chi connectivity index (χ3n) is 4.48. The predicted molar refractivity (Wildman–Crippen MR) is 98.2 cm³/mol. The molecule has 2 aromatic heterocycles. The molecule has 7 nitrogen and oxygen atoms in total. The summed E-state index contributed by atoms with van der Waals surface area (Å²) in [5, 5.41) is 4.62. The molecular weight excluding hydrogens is 318 g/mol. The highest BCUT2D eigenvalue weighted by Gasteiger charge is 2.19. The van der Waals surface area contributed by atoms with Gasteiger partial charge >= 0.3 is 0 Å². The molecule has 2 aromatic rings. The van der Waals surface area contributed by atoms with E-state index in [0.29, 0.717) is 12.4 Å². The van der Waals surface area contributed by atoms with Crippen molar-refractivity contribution < 1.29 is 4.74 Å². The van der Waals surface area contributed by atoms with Crippen LogP contribution in [0.25, 0.3) is 5.69 Å². The standard InChI is InChI=1S/C18H27N5O2/c1-18(2,3)15-12-16(19)23(20-15)14-4-5-17(24)22(13-14)7-6-21-8-10-25-11-9-21/h4-5,12-13H,6-11,19H2,1-3H3. The normalized spacial score (nSPS) is 16.3. The van der Waals surface area contributed by atoms with Gasteiger partial charge in [0, 0.05) is 49.9 Å². The molecular formula is C18H27N5O2. The molecule has 0 amide bonds. The molecule has 1 aliphatic rings. The van der Waals surface area contributed by atoms with Crippen LogP contribution in [0.3, 0.4) is 0 Å². The van der Waals surface area contributed by atoms with Crippen LogP contribution in [-0.2, 0) is 16.7 Å². The summed E-state index contributed by atoms with van der Waals surface area (Å²) in [6.07, 6.45) is 1.83. The van der Waals surface area contributed by atoms with E-state index in [-0.39, 0.29) is 11.0 Å². The third kappa shape index (κ3) is 4.11. The second kappa shape index (κ2) is 7.01. The second-order valence-corrected chi connectivity index (χ2v) is 7.49. The van der Waals surface area contributed by atoms with Crippen molar-refractivity contribution >= 4 is 5.82 Å². The Morgan fingerprint density at radius 2 is 1.92 bits per heavy atom. The highest BCUT2D eigenvalue weighted by Crippen LogP contribution is 2.24. The minimum absolute atomic E-state index is 0.0150. The third-order valence-corrected chi connectivity index (χ3v) is 4.48. The fraction of sp³-hybridized carbons (Fsp3) is 0.556. The largest absolute Gasteiger partial charge is 0.384 e. The van der Waals surface area contributed by atoms with E-state index >= 15 is 0 Å². The Bertz CT molecular complexity index is 781. The summed E-state index contributed by atoms with van der Waals surface area (Å²) in [7, 11) is 0. The highest BCUT2D eigenvalue weighted by molar-refractivity contribution is 5.43. The van der Waals surface area contributed by atoms with Crippen molar-refractivity contribution in [1.29, 1.82) is 0 Å². The van der Waals surface area contributed by atoms with Crippen molar-refractivity contribution in [3.05, 3.63) is 40.4 Å². The van der Waals surface area contributed by atoms with Crippen LogP contribution in [0.15, 0.2) is 29.2 Å². The van der Waals surface area contributed by atoms with E-state index in [4.69, 9.17) is 10.5 Å². The molecule has 7 heteroatoms. The number of aromatic nitrogens is 3. The lowest BCUT2D eigenvalue weighted by Gasteiger charge is -2.26. The molecule has 0 radical (unpaired) electrons. The zero-order valence-corrected chi connectivity index (χ0v) is 15.2. The molecule has 0 aromatic carbocycles. The van der Waals surface area contributed by atoms with Crippen LogP contribution >= 0.6 is 0 Å². The number of nitrogens with zero attached hydrogens (tertiary/aromatic N) is 4. The van der Waals surface area contributed by atoms with Gasteiger partial charge in [0.25, 0.3) is 5.56 Å². The number of rotatable bonds is 4. The van der Waals surface area contributed by atoms with Crippen LogP contribution in [-0.4, -0.2) is 52.1 Å². The molecule has 2 N–H and O–H groups in total. The number of anilines is 1. The highest BCUT2D eigenvalue weighted by atomic mass is 16.5. The van der Waals surface area contributed by atoms with Crippen molar-refractivity contribution in [2.75, 3.05) is 38.6 Å². The van der Waals surface area contributed by atoms with Gasteiger partial charge in [0.05, 0.1) is 24.6 Å². The summed E-state index contributed by atoms with van der Waals surface area (Å²) >= 11 is 0. The topological polar surface area (TPSA) is 78.3 Å². The molecule has 136 valence electrons. The second-order valence-electron chi connectivity index (χ2n) is 7.49. The Labute approximate surface area is 148 Å². The van der Waals surface area contributed by atoms with Gasteiger partial charge < -0.3 is 15.0 Å². The molecule has 1 saturated heterocycles. The number of hydrogen-bond acceptors (Lipinski definition) is 5. The molecule has 0 bridgehead atoms. The first-order chi connectivity index (χ1) is 11.8. The Balaban J connectivity index is 1.81. The molecule has 0 saturated carbocycles. The quantitative estimate of drug-likeness (QED) is 0.902. The van der Waals surface area contributed by atoms with Crippen LogP contribution in [0, 0.1) is 0 Å². The summed E-state index contributed by atoms with van der Waals surface area (Å²) in [6, 6.07) is 5.24. The molecule has 3 rings (SSSR count). The summed E-state index contributed by atoms with van der Waals surface area (Å²) in [5.74, 6) is 0.573. The Morgan fingerprint density at radius 3 is 2.56 bits per heavy atom. The van der Waals surface area contributed by atoms with Crippen LogP contribution in [0.2, 0.25) is 0 Å². The van der Waals surface area contributed by atoms with Gasteiger partial charge in [-0.1, -0.05) is 20.8 Å². The Morgan fingerprint density at radius 1 is 1.20 bits per heavy atom. The molecule has 25 heavy (non-hydrogen) atoms. The van der Waals surface area contributed by atoms with Gasteiger partial charge in [-0.2, -0.15) is 5.10 Å². The number of morpholine rings is 1. The summed E-state index contributed by atoms with van der Waals surface area (Å²) in [5.41, 5.74) is 7.77. The van der Waals surface area contributed by atoms with Crippen LogP contribution in [0.4, 0.5) is 5.82 Å². The number of pyridine rings is 1. The maximum atomic E-state index is 12.2. The molecule has 0 unspecified atom stereocenters. The van der Waals surface area contributed by atoms with Gasteiger partial charge in [0.2, 0.25) is 0 Å². The molecule has 0 aliphatic carbocycles. The molecule has 0 spiro atoms. The minimum atomic E-state index is -0.0792. The smallest absolute Gasteiger partial charge is 0.250 e. The summed E-state index contributed by atoms with van der Waals surface area (Å²) in [4.78, 5) is 14.5. The number of hydrogen-bond donors (Lipinski definition) is 1. The first-order valence-electron chi connectivity index (χ1n) is 8.71.